The van der Waals surface area contributed by atoms with Crippen molar-refractivity contribution < 1.29 is 14.8 Å². The van der Waals surface area contributed by atoms with Crippen molar-refractivity contribution >= 4 is 22.5 Å². The fourth-order valence-electron chi connectivity index (χ4n) is 2.72. The molecule has 2 aromatic carbocycles. The number of phenols is 1. The van der Waals surface area contributed by atoms with Gasteiger partial charge in [0.25, 0.3) is 5.69 Å². The Hall–Kier alpha value is -3.35. The lowest BCUT2D eigenvalue weighted by Gasteiger charge is -2.08. The van der Waals surface area contributed by atoms with Gasteiger partial charge < -0.3 is 15.0 Å². The van der Waals surface area contributed by atoms with Gasteiger partial charge in [-0.25, -0.2) is 0 Å². The largest absolute Gasteiger partial charge is 0.508 e. The van der Waals surface area contributed by atoms with Gasteiger partial charge in [-0.2, -0.15) is 0 Å². The fraction of sp³-hybridized carbons (Fsp3) is 0.167. The van der Waals surface area contributed by atoms with E-state index in [1.54, 1.807) is 53.2 Å². The number of hydrogen-bond donors (Lipinski definition) is 2. The minimum absolute atomic E-state index is 0.0315. The molecule has 1 aromatic heterocycles. The Labute approximate surface area is 143 Å². The molecule has 0 aliphatic rings. The molecule has 0 saturated heterocycles. The van der Waals surface area contributed by atoms with Gasteiger partial charge in [0.15, 0.2) is 0 Å². The molecular weight excluding hydrogens is 322 g/mol. The summed E-state index contributed by atoms with van der Waals surface area (Å²) in [6, 6.07) is 13.3. The molecule has 2 N–H and O–H groups in total. The van der Waals surface area contributed by atoms with Gasteiger partial charge in [0.05, 0.1) is 15.8 Å². The van der Waals surface area contributed by atoms with Gasteiger partial charge in [-0.3, -0.25) is 14.9 Å². The van der Waals surface area contributed by atoms with E-state index in [4.69, 9.17) is 0 Å². The SMILES string of the molecule is O=C(Cn1ccc2c([N+](=O)[O-])cccc21)NCCc1ccc(O)cc1. The summed E-state index contributed by atoms with van der Waals surface area (Å²) in [6.07, 6.45) is 2.33. The predicted molar refractivity (Wildman–Crippen MR) is 93.4 cm³/mol. The molecule has 1 amide bonds. The van der Waals surface area contributed by atoms with Crippen LogP contribution < -0.4 is 5.32 Å². The first kappa shape index (κ1) is 16.5. The number of nitro groups is 1. The molecule has 7 heteroatoms. The molecule has 3 rings (SSSR count). The third kappa shape index (κ3) is 3.77. The number of rotatable bonds is 6. The average Bonchev–Trinajstić information content (AvgIpc) is 2.99. The smallest absolute Gasteiger partial charge is 0.278 e. The molecule has 25 heavy (non-hydrogen) atoms. The highest BCUT2D eigenvalue weighted by Gasteiger charge is 2.14. The quantitative estimate of drug-likeness (QED) is 0.533. The molecule has 0 spiro atoms. The van der Waals surface area contributed by atoms with Crippen LogP contribution in [0.4, 0.5) is 5.69 Å². The van der Waals surface area contributed by atoms with E-state index in [2.05, 4.69) is 5.32 Å². The van der Waals surface area contributed by atoms with Crippen molar-refractivity contribution in [3.63, 3.8) is 0 Å². The van der Waals surface area contributed by atoms with E-state index >= 15 is 0 Å². The lowest BCUT2D eigenvalue weighted by atomic mass is 10.1. The van der Waals surface area contributed by atoms with Crippen LogP contribution in [0, 0.1) is 10.1 Å². The Morgan fingerprint density at radius 3 is 2.64 bits per heavy atom. The Balaban J connectivity index is 1.61. The monoisotopic (exact) mass is 339 g/mol. The van der Waals surface area contributed by atoms with Crippen LogP contribution in [0.5, 0.6) is 5.75 Å². The normalized spacial score (nSPS) is 10.7. The topological polar surface area (TPSA) is 97.4 Å². The average molecular weight is 339 g/mol. The molecule has 1 heterocycles. The van der Waals surface area contributed by atoms with E-state index in [-0.39, 0.29) is 23.9 Å². The number of nitrogens with zero attached hydrogens (tertiary/aromatic N) is 2. The Morgan fingerprint density at radius 1 is 1.16 bits per heavy atom. The fourth-order valence-corrected chi connectivity index (χ4v) is 2.72. The van der Waals surface area contributed by atoms with E-state index in [0.717, 1.165) is 5.56 Å². The minimum Gasteiger partial charge on any atom is -0.508 e. The number of nitrogens with one attached hydrogen (secondary N) is 1. The third-order valence-corrected chi connectivity index (χ3v) is 3.97. The van der Waals surface area contributed by atoms with Crippen LogP contribution in [0.15, 0.2) is 54.7 Å². The maximum Gasteiger partial charge on any atom is 0.278 e. The second kappa shape index (κ2) is 7.04. The first-order valence-electron chi connectivity index (χ1n) is 7.81. The van der Waals surface area contributed by atoms with Crippen molar-refractivity contribution in [2.75, 3.05) is 6.54 Å². The third-order valence-electron chi connectivity index (χ3n) is 3.97. The second-order valence-electron chi connectivity index (χ2n) is 5.68. The summed E-state index contributed by atoms with van der Waals surface area (Å²) in [6.45, 7) is 0.573. The van der Waals surface area contributed by atoms with Gasteiger partial charge in [0, 0.05) is 18.8 Å². The lowest BCUT2D eigenvalue weighted by Crippen LogP contribution is -2.29. The van der Waals surface area contributed by atoms with Gasteiger partial charge in [0.2, 0.25) is 5.91 Å². The van der Waals surface area contributed by atoms with Crippen molar-refractivity contribution in [2.45, 2.75) is 13.0 Å². The number of phenolic OH excluding ortho intramolecular Hbond substituents is 1. The van der Waals surface area contributed by atoms with Gasteiger partial charge in [-0.15, -0.1) is 0 Å². The van der Waals surface area contributed by atoms with Crippen molar-refractivity contribution in [3.05, 3.63) is 70.4 Å². The molecule has 0 radical (unpaired) electrons. The van der Waals surface area contributed by atoms with Crippen molar-refractivity contribution in [2.24, 2.45) is 0 Å². The highest BCUT2D eigenvalue weighted by molar-refractivity contribution is 5.90. The van der Waals surface area contributed by atoms with E-state index < -0.39 is 4.92 Å². The first-order valence-corrected chi connectivity index (χ1v) is 7.81. The van der Waals surface area contributed by atoms with E-state index in [1.165, 1.54) is 6.07 Å². The summed E-state index contributed by atoms with van der Waals surface area (Å²) in [5.41, 5.74) is 1.70. The molecule has 0 saturated carbocycles. The number of hydrogen-bond acceptors (Lipinski definition) is 4. The van der Waals surface area contributed by atoms with Crippen LogP contribution in [0.2, 0.25) is 0 Å². The second-order valence-corrected chi connectivity index (χ2v) is 5.68. The van der Waals surface area contributed by atoms with Crippen molar-refractivity contribution in [3.8, 4) is 5.75 Å². The summed E-state index contributed by atoms with van der Waals surface area (Å²) in [7, 11) is 0. The molecule has 0 unspecified atom stereocenters. The highest BCUT2D eigenvalue weighted by atomic mass is 16.6. The zero-order valence-electron chi connectivity index (χ0n) is 13.4. The number of carbonyl (C=O) groups excluding carboxylic acids is 1. The lowest BCUT2D eigenvalue weighted by molar-refractivity contribution is -0.383. The van der Waals surface area contributed by atoms with Gasteiger partial charge in [-0.1, -0.05) is 18.2 Å². The summed E-state index contributed by atoms with van der Waals surface area (Å²) in [5, 5.41) is 23.6. The van der Waals surface area contributed by atoms with E-state index in [1.807, 2.05) is 0 Å². The van der Waals surface area contributed by atoms with Crippen LogP contribution in [0.25, 0.3) is 10.9 Å². The van der Waals surface area contributed by atoms with Crippen LogP contribution in [-0.2, 0) is 17.8 Å². The number of aromatic hydroxyl groups is 1. The minimum atomic E-state index is -0.426. The summed E-state index contributed by atoms with van der Waals surface area (Å²) in [4.78, 5) is 22.7. The maximum absolute atomic E-state index is 12.1. The van der Waals surface area contributed by atoms with Crippen LogP contribution >= 0.6 is 0 Å². The Kier molecular flexibility index (Phi) is 4.65. The number of benzene rings is 2. The Bertz CT molecular complexity index is 916. The maximum atomic E-state index is 12.1. The molecule has 0 aliphatic heterocycles. The van der Waals surface area contributed by atoms with E-state index in [0.29, 0.717) is 23.9 Å². The van der Waals surface area contributed by atoms with Gasteiger partial charge in [-0.05, 0) is 36.2 Å². The first-order chi connectivity index (χ1) is 12.0. The number of aromatic nitrogens is 1. The molecule has 128 valence electrons. The van der Waals surface area contributed by atoms with Gasteiger partial charge >= 0.3 is 0 Å². The molecule has 0 aliphatic carbocycles. The number of carbonyl (C=O) groups is 1. The number of fused-ring (bicyclic) bond motifs is 1. The molecule has 0 fully saturated rings. The number of nitro benzene ring substituents is 1. The van der Waals surface area contributed by atoms with Crippen LogP contribution in [0.1, 0.15) is 5.56 Å². The summed E-state index contributed by atoms with van der Waals surface area (Å²) < 4.78 is 1.69. The van der Waals surface area contributed by atoms with Crippen molar-refractivity contribution in [1.82, 2.24) is 9.88 Å². The molecule has 7 nitrogen and oxygen atoms in total. The molecule has 3 aromatic rings. The van der Waals surface area contributed by atoms with Crippen LogP contribution in [-0.4, -0.2) is 27.0 Å². The zero-order chi connectivity index (χ0) is 17.8. The Morgan fingerprint density at radius 2 is 1.92 bits per heavy atom. The highest BCUT2D eigenvalue weighted by Crippen LogP contribution is 2.26. The van der Waals surface area contributed by atoms with E-state index in [9.17, 15) is 20.0 Å². The summed E-state index contributed by atoms with van der Waals surface area (Å²) in [5.74, 6) is 0.0455. The number of amides is 1. The standard InChI is InChI=1S/C18H17N3O4/c22-14-6-4-13(5-7-14)8-10-19-18(23)12-20-11-9-15-16(20)2-1-3-17(15)21(24)25/h1-7,9,11,22H,8,10,12H2,(H,19,23). The summed E-state index contributed by atoms with van der Waals surface area (Å²) >= 11 is 0. The van der Waals surface area contributed by atoms with Gasteiger partial charge in [0.1, 0.15) is 12.3 Å². The van der Waals surface area contributed by atoms with Crippen LogP contribution in [0.3, 0.4) is 0 Å². The zero-order valence-corrected chi connectivity index (χ0v) is 13.4. The number of non-ortho nitro benzene ring substituents is 1. The van der Waals surface area contributed by atoms with Crippen molar-refractivity contribution in [1.29, 1.82) is 0 Å². The molecular formula is C18H17N3O4. The molecule has 0 bridgehead atoms. The predicted octanol–water partition coefficient (Wildman–Crippen LogP) is 2.61. The molecule has 0 atom stereocenters.